The van der Waals surface area contributed by atoms with Gasteiger partial charge in [-0.2, -0.15) is 0 Å². The Morgan fingerprint density at radius 3 is 2.29 bits per heavy atom. The van der Waals surface area contributed by atoms with Gasteiger partial charge >= 0.3 is 5.97 Å². The van der Waals surface area contributed by atoms with Gasteiger partial charge in [0.1, 0.15) is 5.78 Å². The first kappa shape index (κ1) is 25.4. The maximum Gasteiger partial charge on any atom is 0.310 e. The van der Waals surface area contributed by atoms with E-state index in [2.05, 4.69) is 40.7 Å². The number of carbonyl (C=O) groups excluding carboxylic acids is 1. The van der Waals surface area contributed by atoms with Crippen molar-refractivity contribution >= 4 is 11.8 Å². The highest BCUT2D eigenvalue weighted by atomic mass is 16.4. The highest BCUT2D eigenvalue weighted by Gasteiger charge is 2.71. The van der Waals surface area contributed by atoms with Crippen molar-refractivity contribution in [1.29, 1.82) is 0 Å². The Morgan fingerprint density at radius 2 is 1.66 bits per heavy atom. The molecule has 196 valence electrons. The van der Waals surface area contributed by atoms with Crippen LogP contribution in [0.25, 0.3) is 0 Å². The number of allylic oxidation sites excluding steroid dienone is 2. The van der Waals surface area contributed by atoms with Crippen LogP contribution in [0.4, 0.5) is 0 Å². The molecule has 0 bridgehead atoms. The first-order valence-electron chi connectivity index (χ1n) is 13.9. The monoisotopic (exact) mass is 486 g/mol. The summed E-state index contributed by atoms with van der Waals surface area (Å²) < 4.78 is 0. The lowest BCUT2D eigenvalue weighted by atomic mass is 9.33. The topological polar surface area (TPSA) is 94.8 Å². The second-order valence-electron chi connectivity index (χ2n) is 14.8. The number of hydrogen-bond donors (Lipinski definition) is 3. The van der Waals surface area contributed by atoms with Crippen LogP contribution < -0.4 is 0 Å². The van der Waals surface area contributed by atoms with Crippen LogP contribution in [-0.4, -0.2) is 39.8 Å². The molecule has 0 unspecified atom stereocenters. The van der Waals surface area contributed by atoms with Gasteiger partial charge in [-0.25, -0.2) is 0 Å². The molecule has 3 N–H and O–H groups in total. The van der Waals surface area contributed by atoms with E-state index < -0.39 is 28.3 Å². The van der Waals surface area contributed by atoms with Crippen LogP contribution >= 0.6 is 0 Å². The minimum Gasteiger partial charge on any atom is -0.481 e. The number of carboxylic acids is 1. The van der Waals surface area contributed by atoms with Gasteiger partial charge in [0.25, 0.3) is 0 Å². The van der Waals surface area contributed by atoms with E-state index in [1.807, 2.05) is 6.92 Å². The van der Waals surface area contributed by atoms with Crippen LogP contribution in [0.5, 0.6) is 0 Å². The predicted molar refractivity (Wildman–Crippen MR) is 134 cm³/mol. The van der Waals surface area contributed by atoms with Crippen LogP contribution in [0, 0.1) is 50.2 Å². The molecule has 0 heterocycles. The van der Waals surface area contributed by atoms with Gasteiger partial charge in [0.15, 0.2) is 0 Å². The van der Waals surface area contributed by atoms with Crippen molar-refractivity contribution in [3.63, 3.8) is 0 Å². The predicted octanol–water partition coefficient (Wildman–Crippen LogP) is 5.39. The first-order valence-corrected chi connectivity index (χ1v) is 13.9. The van der Waals surface area contributed by atoms with E-state index in [0.717, 1.165) is 44.9 Å². The van der Waals surface area contributed by atoms with E-state index in [4.69, 9.17) is 0 Å². The summed E-state index contributed by atoms with van der Waals surface area (Å²) in [4.78, 5) is 26.5. The molecule has 5 rings (SSSR count). The fourth-order valence-corrected chi connectivity index (χ4v) is 10.4. The van der Waals surface area contributed by atoms with E-state index >= 15 is 0 Å². The lowest BCUT2D eigenvalue weighted by Gasteiger charge is -2.70. The lowest BCUT2D eigenvalue weighted by molar-refractivity contribution is -0.211. The third kappa shape index (κ3) is 2.94. The summed E-state index contributed by atoms with van der Waals surface area (Å²) in [7, 11) is 0. The summed E-state index contributed by atoms with van der Waals surface area (Å²) in [5, 5.41) is 31.7. The van der Waals surface area contributed by atoms with Crippen LogP contribution in [0.1, 0.15) is 99.3 Å². The van der Waals surface area contributed by atoms with Gasteiger partial charge in [-0.3, -0.25) is 9.59 Å². The molecular formula is C30H46O5. The molecule has 4 fully saturated rings. The second-order valence-corrected chi connectivity index (χ2v) is 14.8. The molecule has 0 aromatic carbocycles. The van der Waals surface area contributed by atoms with E-state index in [-0.39, 0.29) is 52.8 Å². The van der Waals surface area contributed by atoms with Gasteiger partial charge in [-0.05, 0) is 85.4 Å². The van der Waals surface area contributed by atoms with Gasteiger partial charge in [0.2, 0.25) is 0 Å². The Bertz CT molecular complexity index is 983. The zero-order valence-electron chi connectivity index (χ0n) is 22.6. The number of carbonyl (C=O) groups is 2. The number of rotatable bonds is 2. The number of fused-ring (bicyclic) bond motifs is 7. The molecule has 5 aliphatic rings. The summed E-state index contributed by atoms with van der Waals surface area (Å²) in [5.41, 5.74) is -0.716. The van der Waals surface area contributed by atoms with Gasteiger partial charge in [0.05, 0.1) is 18.1 Å². The molecule has 5 heteroatoms. The van der Waals surface area contributed by atoms with Crippen molar-refractivity contribution in [3.05, 3.63) is 11.6 Å². The molecule has 9 atom stereocenters. The number of Topliss-reactive ketones (excluding diaryl/α,β-unsaturated/α-hetero) is 1. The molecule has 0 saturated heterocycles. The Balaban J connectivity index is 1.63. The molecule has 0 amide bonds. The number of aliphatic hydroxyl groups is 2. The maximum atomic E-state index is 13.7. The maximum absolute atomic E-state index is 13.7. The second kappa shape index (κ2) is 7.43. The first-order chi connectivity index (χ1) is 16.1. The Hall–Kier alpha value is -1.20. The minimum atomic E-state index is -0.803. The van der Waals surface area contributed by atoms with E-state index in [1.54, 1.807) is 0 Å². The van der Waals surface area contributed by atoms with Gasteiger partial charge in [-0.15, -0.1) is 0 Å². The third-order valence-electron chi connectivity index (χ3n) is 13.1. The number of aliphatic hydroxyl groups excluding tert-OH is 2. The molecule has 5 aliphatic carbocycles. The standard InChI is InChI=1S/C30H46O5/c1-25(2)11-13-30(24(34)35)14-12-27(4)18(19(30)16-25)7-8-21-28(27,5)10-9-20-26(3,17-31)22(32)15-23(33)29(20,21)6/h7,19-22,31-32H,8-17H2,1-6H3,(H,34,35)/t19-,20-,21-,22+,26-,27+,28+,29-,30-/m0/s1. The molecule has 5 nitrogen and oxygen atoms in total. The molecule has 4 saturated carbocycles. The lowest BCUT2D eigenvalue weighted by Crippen LogP contribution is -2.68. The van der Waals surface area contributed by atoms with Crippen LogP contribution in [0.3, 0.4) is 0 Å². The average molecular weight is 487 g/mol. The van der Waals surface area contributed by atoms with Crippen molar-refractivity contribution in [1.82, 2.24) is 0 Å². The van der Waals surface area contributed by atoms with Crippen LogP contribution in [-0.2, 0) is 9.59 Å². The fourth-order valence-electron chi connectivity index (χ4n) is 10.4. The van der Waals surface area contributed by atoms with Crippen molar-refractivity contribution in [3.8, 4) is 0 Å². The molecule has 0 radical (unpaired) electrons. The van der Waals surface area contributed by atoms with Crippen molar-refractivity contribution in [2.24, 2.45) is 50.2 Å². The Kier molecular flexibility index (Phi) is 5.40. The summed E-state index contributed by atoms with van der Waals surface area (Å²) in [6.07, 6.45) is 8.38. The number of ketones is 1. The summed E-state index contributed by atoms with van der Waals surface area (Å²) in [5.74, 6) is -0.353. The van der Waals surface area contributed by atoms with Gasteiger partial charge in [-0.1, -0.05) is 53.2 Å². The van der Waals surface area contributed by atoms with Crippen molar-refractivity contribution in [2.45, 2.75) is 105 Å². The number of carboxylic acid groups (broad SMARTS) is 1. The largest absolute Gasteiger partial charge is 0.481 e. The Morgan fingerprint density at radius 1 is 1.00 bits per heavy atom. The minimum absolute atomic E-state index is 0.0526. The normalized spacial score (nSPS) is 52.9. The SMILES string of the molecule is CC1(C)CC[C@]2(C(=O)O)CC[C@]3(C)C(=CC[C@@H]4[C@@]5(C)C(=O)C[C@@H](O)[C@@](C)(CO)[C@@H]5CC[C@]43C)[C@@H]2C1. The molecule has 35 heavy (non-hydrogen) atoms. The van der Waals surface area contributed by atoms with E-state index in [0.29, 0.717) is 6.42 Å². The zero-order chi connectivity index (χ0) is 25.8. The quantitative estimate of drug-likeness (QED) is 0.455. The summed E-state index contributed by atoms with van der Waals surface area (Å²) in [6.45, 7) is 13.3. The van der Waals surface area contributed by atoms with Gasteiger partial charge < -0.3 is 15.3 Å². The number of hydrogen-bond acceptors (Lipinski definition) is 4. The fraction of sp³-hybridized carbons (Fsp3) is 0.867. The van der Waals surface area contributed by atoms with E-state index in [1.165, 1.54) is 5.57 Å². The molecule has 0 aromatic rings. The smallest absolute Gasteiger partial charge is 0.310 e. The van der Waals surface area contributed by atoms with E-state index in [9.17, 15) is 24.9 Å². The number of aliphatic carboxylic acids is 1. The van der Waals surface area contributed by atoms with Gasteiger partial charge in [0, 0.05) is 17.3 Å². The molecular weight excluding hydrogens is 440 g/mol. The van der Waals surface area contributed by atoms with Crippen molar-refractivity contribution in [2.75, 3.05) is 6.61 Å². The van der Waals surface area contributed by atoms with Crippen LogP contribution in [0.15, 0.2) is 11.6 Å². The van der Waals surface area contributed by atoms with Crippen LogP contribution in [0.2, 0.25) is 0 Å². The third-order valence-corrected chi connectivity index (χ3v) is 13.1. The van der Waals surface area contributed by atoms with Crippen molar-refractivity contribution < 1.29 is 24.9 Å². The summed E-state index contributed by atoms with van der Waals surface area (Å²) >= 11 is 0. The average Bonchev–Trinajstić information content (AvgIpc) is 2.77. The molecule has 0 aromatic heterocycles. The summed E-state index contributed by atoms with van der Waals surface area (Å²) in [6, 6.07) is 0. The Labute approximate surface area is 210 Å². The highest BCUT2D eigenvalue weighted by molar-refractivity contribution is 5.87. The highest BCUT2D eigenvalue weighted by Crippen LogP contribution is 2.75. The molecule has 0 spiro atoms. The molecule has 0 aliphatic heterocycles. The zero-order valence-corrected chi connectivity index (χ0v) is 22.6.